The molecule has 0 aliphatic carbocycles. The zero-order chi connectivity index (χ0) is 19.1. The van der Waals surface area contributed by atoms with Crippen LogP contribution in [0.4, 0.5) is 0 Å². The Morgan fingerprint density at radius 3 is 1.88 bits per heavy atom. The lowest BCUT2D eigenvalue weighted by Crippen LogP contribution is -2.41. The second-order valence-corrected chi connectivity index (χ2v) is 8.43. The molecule has 1 aliphatic rings. The summed E-state index contributed by atoms with van der Waals surface area (Å²) in [6.07, 6.45) is 5.12. The predicted octanol–water partition coefficient (Wildman–Crippen LogP) is 3.97. The molecular weight excluding hydrogens is 334 g/mol. The lowest BCUT2D eigenvalue weighted by atomic mass is 10.2. The molecular formula is C19H31NO4Si. The number of nitrogens with zero attached hydrogens (tertiary/aromatic N) is 1. The van der Waals surface area contributed by atoms with Gasteiger partial charge in [0.2, 0.25) is 5.91 Å². The Morgan fingerprint density at radius 1 is 1.12 bits per heavy atom. The SMILES string of the molecule is C=CN1CCCC1=O.C=Cc1ccccc1.CC[Si](OC)(OC)OC. The van der Waals surface area contributed by atoms with Gasteiger partial charge in [0.1, 0.15) is 0 Å². The van der Waals surface area contributed by atoms with E-state index in [1.165, 1.54) is 5.56 Å². The molecule has 1 aromatic carbocycles. The summed E-state index contributed by atoms with van der Waals surface area (Å²) in [6, 6.07) is 10.8. The maximum absolute atomic E-state index is 10.7. The predicted molar refractivity (Wildman–Crippen MR) is 105 cm³/mol. The highest BCUT2D eigenvalue weighted by molar-refractivity contribution is 6.60. The number of benzene rings is 1. The van der Waals surface area contributed by atoms with Crippen LogP contribution in [0.2, 0.25) is 6.04 Å². The Bertz CT molecular complexity index is 486. The van der Waals surface area contributed by atoms with E-state index in [1.807, 2.05) is 43.3 Å². The fraction of sp³-hybridized carbons (Fsp3) is 0.421. The van der Waals surface area contributed by atoms with Gasteiger partial charge in [-0.2, -0.15) is 0 Å². The highest BCUT2D eigenvalue weighted by Gasteiger charge is 2.34. The third-order valence-electron chi connectivity index (χ3n) is 3.73. The Hall–Kier alpha value is -1.73. The first kappa shape index (κ1) is 23.3. The Morgan fingerprint density at radius 2 is 1.68 bits per heavy atom. The molecule has 1 heterocycles. The minimum atomic E-state index is -2.19. The lowest BCUT2D eigenvalue weighted by molar-refractivity contribution is -0.125. The summed E-state index contributed by atoms with van der Waals surface area (Å²) < 4.78 is 15.2. The molecule has 0 aromatic heterocycles. The number of carbonyl (C=O) groups is 1. The molecule has 6 heteroatoms. The van der Waals surface area contributed by atoms with E-state index in [0.717, 1.165) is 19.0 Å². The summed E-state index contributed by atoms with van der Waals surface area (Å²) in [7, 11) is 2.65. The summed E-state index contributed by atoms with van der Waals surface area (Å²) in [5.41, 5.74) is 1.17. The number of likely N-dealkylation sites (tertiary alicyclic amines) is 1. The molecule has 1 aromatic rings. The minimum Gasteiger partial charge on any atom is -0.377 e. The van der Waals surface area contributed by atoms with Crippen LogP contribution in [0.5, 0.6) is 0 Å². The molecule has 0 bridgehead atoms. The molecule has 0 unspecified atom stereocenters. The summed E-state index contributed by atoms with van der Waals surface area (Å²) in [4.78, 5) is 12.3. The maximum atomic E-state index is 10.7. The zero-order valence-electron chi connectivity index (χ0n) is 15.9. The molecule has 1 amide bonds. The molecule has 0 atom stereocenters. The molecule has 25 heavy (non-hydrogen) atoms. The van der Waals surface area contributed by atoms with Crippen molar-refractivity contribution in [2.24, 2.45) is 0 Å². The number of rotatable bonds is 6. The van der Waals surface area contributed by atoms with Gasteiger partial charge in [0.15, 0.2) is 0 Å². The van der Waals surface area contributed by atoms with E-state index >= 15 is 0 Å². The second-order valence-electron chi connectivity index (χ2n) is 5.14. The molecule has 0 spiro atoms. The van der Waals surface area contributed by atoms with E-state index in [4.69, 9.17) is 13.3 Å². The first-order valence-corrected chi connectivity index (χ1v) is 10.2. The summed E-state index contributed by atoms with van der Waals surface area (Å²) >= 11 is 0. The van der Waals surface area contributed by atoms with Gasteiger partial charge < -0.3 is 18.2 Å². The number of hydrogen-bond donors (Lipinski definition) is 0. The van der Waals surface area contributed by atoms with Crippen LogP contribution in [-0.2, 0) is 18.1 Å². The Kier molecular flexibility index (Phi) is 12.6. The normalized spacial score (nSPS) is 13.3. The van der Waals surface area contributed by atoms with Crippen molar-refractivity contribution in [3.63, 3.8) is 0 Å². The monoisotopic (exact) mass is 365 g/mol. The van der Waals surface area contributed by atoms with Crippen LogP contribution in [0, 0.1) is 0 Å². The van der Waals surface area contributed by atoms with Gasteiger partial charge >= 0.3 is 8.80 Å². The van der Waals surface area contributed by atoms with E-state index < -0.39 is 8.80 Å². The average molecular weight is 366 g/mol. The lowest BCUT2D eigenvalue weighted by Gasteiger charge is -2.22. The standard InChI is InChI=1S/C8H8.C6H9NO.C5H14O3Si/c1-2-8-6-4-3-5-7-8;1-2-7-5-3-4-6(7)8;1-5-9(6-2,7-3)8-4/h2-7H,1H2;2H,1,3-5H2;5H2,1-4H3. The summed E-state index contributed by atoms with van der Waals surface area (Å²) in [6.45, 7) is 9.98. The van der Waals surface area contributed by atoms with Gasteiger partial charge in [-0.05, 0) is 18.2 Å². The first-order valence-electron chi connectivity index (χ1n) is 8.27. The van der Waals surface area contributed by atoms with E-state index in [1.54, 1.807) is 32.4 Å². The topological polar surface area (TPSA) is 48.0 Å². The van der Waals surface area contributed by atoms with Crippen LogP contribution >= 0.6 is 0 Å². The van der Waals surface area contributed by atoms with Crippen LogP contribution in [0.15, 0.2) is 49.7 Å². The van der Waals surface area contributed by atoms with Crippen molar-refractivity contribution in [3.05, 3.63) is 55.3 Å². The molecule has 0 saturated carbocycles. The highest BCUT2D eigenvalue weighted by atomic mass is 28.4. The van der Waals surface area contributed by atoms with Crippen molar-refractivity contribution in [1.29, 1.82) is 0 Å². The van der Waals surface area contributed by atoms with E-state index in [2.05, 4.69) is 13.2 Å². The van der Waals surface area contributed by atoms with Crippen LogP contribution in [0.3, 0.4) is 0 Å². The molecule has 0 N–H and O–H groups in total. The van der Waals surface area contributed by atoms with Crippen molar-refractivity contribution >= 4 is 20.8 Å². The summed E-state index contributed by atoms with van der Waals surface area (Å²) in [5, 5.41) is 0. The number of carbonyl (C=O) groups excluding carboxylic acids is 1. The van der Waals surface area contributed by atoms with E-state index in [-0.39, 0.29) is 5.91 Å². The molecule has 5 nitrogen and oxygen atoms in total. The van der Waals surface area contributed by atoms with Crippen molar-refractivity contribution in [2.45, 2.75) is 25.8 Å². The van der Waals surface area contributed by atoms with Gasteiger partial charge in [0.05, 0.1) is 0 Å². The van der Waals surface area contributed by atoms with Crippen molar-refractivity contribution in [1.82, 2.24) is 4.90 Å². The third kappa shape index (κ3) is 8.78. The van der Waals surface area contributed by atoms with Crippen LogP contribution in [0.1, 0.15) is 25.3 Å². The van der Waals surface area contributed by atoms with Gasteiger partial charge in [0, 0.05) is 40.3 Å². The van der Waals surface area contributed by atoms with Gasteiger partial charge in [-0.15, -0.1) is 0 Å². The van der Waals surface area contributed by atoms with Crippen molar-refractivity contribution in [2.75, 3.05) is 27.9 Å². The number of amides is 1. The minimum absolute atomic E-state index is 0.208. The van der Waals surface area contributed by atoms with Crippen LogP contribution < -0.4 is 0 Å². The molecule has 1 saturated heterocycles. The second kappa shape index (κ2) is 13.5. The van der Waals surface area contributed by atoms with Crippen LogP contribution in [0.25, 0.3) is 6.08 Å². The van der Waals surface area contributed by atoms with Gasteiger partial charge in [0.25, 0.3) is 0 Å². The molecule has 1 fully saturated rings. The van der Waals surface area contributed by atoms with Crippen LogP contribution in [-0.4, -0.2) is 47.5 Å². The number of hydrogen-bond acceptors (Lipinski definition) is 4. The molecule has 140 valence electrons. The third-order valence-corrected chi connectivity index (χ3v) is 6.46. The Labute approximate surface area is 153 Å². The highest BCUT2D eigenvalue weighted by Crippen LogP contribution is 2.10. The molecule has 1 aliphatic heterocycles. The largest absolute Gasteiger partial charge is 0.499 e. The fourth-order valence-corrected chi connectivity index (χ4v) is 3.50. The van der Waals surface area contributed by atoms with Crippen molar-refractivity contribution in [3.8, 4) is 0 Å². The Balaban J connectivity index is 0.000000346. The molecule has 2 rings (SSSR count). The van der Waals surface area contributed by atoms with Gasteiger partial charge in [-0.3, -0.25) is 4.79 Å². The zero-order valence-corrected chi connectivity index (χ0v) is 16.9. The van der Waals surface area contributed by atoms with Gasteiger partial charge in [-0.1, -0.05) is 56.5 Å². The molecule has 0 radical (unpaired) electrons. The van der Waals surface area contributed by atoms with E-state index in [0.29, 0.717) is 6.42 Å². The smallest absolute Gasteiger partial charge is 0.377 e. The van der Waals surface area contributed by atoms with Crippen molar-refractivity contribution < 1.29 is 18.1 Å². The average Bonchev–Trinajstić information content (AvgIpc) is 3.11. The quantitative estimate of drug-likeness (QED) is 0.716. The summed E-state index contributed by atoms with van der Waals surface area (Å²) in [5.74, 6) is 0.208. The van der Waals surface area contributed by atoms with E-state index in [9.17, 15) is 4.79 Å². The maximum Gasteiger partial charge on any atom is 0.499 e. The fourth-order valence-electron chi connectivity index (χ4n) is 2.13. The van der Waals surface area contributed by atoms with Gasteiger partial charge in [-0.25, -0.2) is 0 Å². The first-order chi connectivity index (χ1) is 12.0.